The minimum Gasteiger partial charge on any atom is -0.309 e. The highest BCUT2D eigenvalue weighted by Gasteiger charge is 2.29. The van der Waals surface area contributed by atoms with E-state index in [1.807, 2.05) is 0 Å². The lowest BCUT2D eigenvalue weighted by Crippen LogP contribution is -2.15. The van der Waals surface area contributed by atoms with E-state index in [4.69, 9.17) is 11.6 Å². The molecule has 110 valence electrons. The molecule has 0 unspecified atom stereocenters. The van der Waals surface area contributed by atoms with Crippen LogP contribution in [0.5, 0.6) is 0 Å². The van der Waals surface area contributed by atoms with Gasteiger partial charge in [0.05, 0.1) is 24.4 Å². The number of alkyl halides is 3. The standard InChI is InChI=1S/C13H9ClF3N3O/c14-10-6-19-11(7-18-10)20-12(21)5-8-1-3-9(4-2-8)13(15,16)17/h1-4,6-7H,5H2,(H,19,20,21). The molecule has 0 aliphatic heterocycles. The van der Waals surface area contributed by atoms with Gasteiger partial charge in [-0.1, -0.05) is 23.7 Å². The SMILES string of the molecule is O=C(Cc1ccc(C(F)(F)F)cc1)Nc1cnc(Cl)cn1. The summed E-state index contributed by atoms with van der Waals surface area (Å²) in [4.78, 5) is 19.3. The van der Waals surface area contributed by atoms with Crippen molar-refractivity contribution in [3.05, 3.63) is 52.9 Å². The average Bonchev–Trinajstić information content (AvgIpc) is 2.41. The number of hydrogen-bond donors (Lipinski definition) is 1. The van der Waals surface area contributed by atoms with Crippen molar-refractivity contribution in [2.24, 2.45) is 0 Å². The summed E-state index contributed by atoms with van der Waals surface area (Å²) in [7, 11) is 0. The summed E-state index contributed by atoms with van der Waals surface area (Å²) < 4.78 is 37.2. The fraction of sp³-hybridized carbons (Fsp3) is 0.154. The second kappa shape index (κ2) is 6.09. The zero-order valence-electron chi connectivity index (χ0n) is 10.5. The molecule has 4 nitrogen and oxygen atoms in total. The predicted octanol–water partition coefficient (Wildman–Crippen LogP) is 3.33. The molecule has 21 heavy (non-hydrogen) atoms. The van der Waals surface area contributed by atoms with Crippen molar-refractivity contribution in [3.8, 4) is 0 Å². The quantitative estimate of drug-likeness (QED) is 0.945. The van der Waals surface area contributed by atoms with Crippen molar-refractivity contribution in [1.29, 1.82) is 0 Å². The van der Waals surface area contributed by atoms with Gasteiger partial charge in [0.1, 0.15) is 5.15 Å². The van der Waals surface area contributed by atoms with Gasteiger partial charge in [-0.25, -0.2) is 9.97 Å². The summed E-state index contributed by atoms with van der Waals surface area (Å²) in [5.74, 6) is -0.192. The number of halogens is 4. The van der Waals surface area contributed by atoms with Crippen LogP contribution in [0.25, 0.3) is 0 Å². The molecule has 1 aromatic heterocycles. The molecule has 0 saturated carbocycles. The van der Waals surface area contributed by atoms with E-state index in [1.54, 1.807) is 0 Å². The van der Waals surface area contributed by atoms with Crippen LogP contribution < -0.4 is 5.32 Å². The minimum absolute atomic E-state index is 0.0670. The van der Waals surface area contributed by atoms with Crippen molar-refractivity contribution >= 4 is 23.3 Å². The molecule has 1 amide bonds. The summed E-state index contributed by atoms with van der Waals surface area (Å²) in [5, 5.41) is 2.66. The molecule has 0 bridgehead atoms. The largest absolute Gasteiger partial charge is 0.416 e. The average molecular weight is 316 g/mol. The van der Waals surface area contributed by atoms with Gasteiger partial charge < -0.3 is 5.32 Å². The van der Waals surface area contributed by atoms with Crippen LogP contribution in [0.4, 0.5) is 19.0 Å². The molecular weight excluding hydrogens is 307 g/mol. The molecule has 0 saturated heterocycles. The fourth-order valence-electron chi connectivity index (χ4n) is 1.56. The summed E-state index contributed by atoms with van der Waals surface area (Å²) >= 11 is 5.55. The van der Waals surface area contributed by atoms with E-state index >= 15 is 0 Å². The molecular formula is C13H9ClF3N3O. The van der Waals surface area contributed by atoms with Gasteiger partial charge in [-0.2, -0.15) is 13.2 Å². The summed E-state index contributed by atoms with van der Waals surface area (Å²) in [5.41, 5.74) is -0.294. The van der Waals surface area contributed by atoms with E-state index in [2.05, 4.69) is 15.3 Å². The van der Waals surface area contributed by atoms with Crippen molar-refractivity contribution in [1.82, 2.24) is 9.97 Å². The van der Waals surface area contributed by atoms with Crippen LogP contribution in [0, 0.1) is 0 Å². The lowest BCUT2D eigenvalue weighted by Gasteiger charge is -2.08. The first-order valence-electron chi connectivity index (χ1n) is 5.78. The topological polar surface area (TPSA) is 54.9 Å². The van der Waals surface area contributed by atoms with Gasteiger partial charge in [0.25, 0.3) is 0 Å². The van der Waals surface area contributed by atoms with E-state index in [1.165, 1.54) is 24.5 Å². The van der Waals surface area contributed by atoms with E-state index in [9.17, 15) is 18.0 Å². The first kappa shape index (κ1) is 15.2. The highest BCUT2D eigenvalue weighted by atomic mass is 35.5. The molecule has 1 heterocycles. The molecule has 0 radical (unpaired) electrons. The first-order valence-corrected chi connectivity index (χ1v) is 6.16. The van der Waals surface area contributed by atoms with E-state index in [-0.39, 0.29) is 17.4 Å². The second-order valence-electron chi connectivity index (χ2n) is 4.14. The lowest BCUT2D eigenvalue weighted by molar-refractivity contribution is -0.137. The fourth-order valence-corrected chi connectivity index (χ4v) is 1.66. The number of aromatic nitrogens is 2. The second-order valence-corrected chi connectivity index (χ2v) is 4.53. The van der Waals surface area contributed by atoms with E-state index in [0.29, 0.717) is 5.56 Å². The molecule has 2 rings (SSSR count). The number of benzene rings is 1. The number of carbonyl (C=O) groups is 1. The normalized spacial score (nSPS) is 11.2. The van der Waals surface area contributed by atoms with Crippen LogP contribution in [0.3, 0.4) is 0 Å². The smallest absolute Gasteiger partial charge is 0.309 e. The molecule has 8 heteroatoms. The van der Waals surface area contributed by atoms with Crippen LogP contribution in [-0.2, 0) is 17.4 Å². The van der Waals surface area contributed by atoms with Crippen LogP contribution in [0.15, 0.2) is 36.7 Å². The Kier molecular flexibility index (Phi) is 4.42. The van der Waals surface area contributed by atoms with Gasteiger partial charge in [-0.05, 0) is 17.7 Å². The molecule has 0 spiro atoms. The van der Waals surface area contributed by atoms with Gasteiger partial charge in [0, 0.05) is 0 Å². The van der Waals surface area contributed by atoms with Crippen molar-refractivity contribution < 1.29 is 18.0 Å². The summed E-state index contributed by atoms with van der Waals surface area (Å²) in [6.07, 6.45) is -1.90. The van der Waals surface area contributed by atoms with Crippen molar-refractivity contribution in [2.45, 2.75) is 12.6 Å². The maximum Gasteiger partial charge on any atom is 0.416 e. The number of amides is 1. The number of nitrogens with zero attached hydrogens (tertiary/aromatic N) is 2. The van der Waals surface area contributed by atoms with Gasteiger partial charge in [0.15, 0.2) is 5.82 Å². The number of rotatable bonds is 3. The number of hydrogen-bond acceptors (Lipinski definition) is 3. The Morgan fingerprint density at radius 1 is 1.14 bits per heavy atom. The molecule has 0 aliphatic rings. The van der Waals surface area contributed by atoms with Gasteiger partial charge in [0.2, 0.25) is 5.91 Å². The Balaban J connectivity index is 1.98. The Hall–Kier alpha value is -2.15. The van der Waals surface area contributed by atoms with Crippen molar-refractivity contribution in [2.75, 3.05) is 5.32 Å². The minimum atomic E-state index is -4.39. The molecule has 0 aliphatic carbocycles. The zero-order chi connectivity index (χ0) is 15.5. The first-order chi connectivity index (χ1) is 9.84. The Morgan fingerprint density at radius 2 is 1.81 bits per heavy atom. The lowest BCUT2D eigenvalue weighted by atomic mass is 10.1. The van der Waals surface area contributed by atoms with Crippen LogP contribution in [0.1, 0.15) is 11.1 Å². The highest BCUT2D eigenvalue weighted by molar-refractivity contribution is 6.29. The monoisotopic (exact) mass is 315 g/mol. The van der Waals surface area contributed by atoms with Crippen LogP contribution in [0.2, 0.25) is 5.15 Å². The van der Waals surface area contributed by atoms with Crippen LogP contribution in [-0.4, -0.2) is 15.9 Å². The molecule has 0 atom stereocenters. The van der Waals surface area contributed by atoms with Gasteiger partial charge in [-0.3, -0.25) is 4.79 Å². The molecule has 1 N–H and O–H groups in total. The highest BCUT2D eigenvalue weighted by Crippen LogP contribution is 2.29. The molecule has 0 fully saturated rings. The maximum atomic E-state index is 12.4. The van der Waals surface area contributed by atoms with Crippen molar-refractivity contribution in [3.63, 3.8) is 0 Å². The Bertz CT molecular complexity index is 627. The van der Waals surface area contributed by atoms with E-state index < -0.39 is 17.6 Å². The Labute approximate surface area is 123 Å². The third-order valence-corrected chi connectivity index (χ3v) is 2.73. The molecule has 1 aromatic carbocycles. The number of nitrogens with one attached hydrogen (secondary N) is 1. The zero-order valence-corrected chi connectivity index (χ0v) is 11.2. The summed E-state index contributed by atoms with van der Waals surface area (Å²) in [6, 6.07) is 4.39. The van der Waals surface area contributed by atoms with E-state index in [0.717, 1.165) is 12.1 Å². The van der Waals surface area contributed by atoms with Gasteiger partial charge >= 0.3 is 6.18 Å². The third-order valence-electron chi connectivity index (χ3n) is 2.53. The Morgan fingerprint density at radius 3 is 2.33 bits per heavy atom. The van der Waals surface area contributed by atoms with Crippen LogP contribution >= 0.6 is 11.6 Å². The number of anilines is 1. The van der Waals surface area contributed by atoms with Gasteiger partial charge in [-0.15, -0.1) is 0 Å². The number of carbonyl (C=O) groups excluding carboxylic acids is 1. The summed E-state index contributed by atoms with van der Waals surface area (Å²) in [6.45, 7) is 0. The predicted molar refractivity (Wildman–Crippen MR) is 70.8 cm³/mol. The molecule has 2 aromatic rings. The third kappa shape index (κ3) is 4.42. The maximum absolute atomic E-state index is 12.4.